The van der Waals surface area contributed by atoms with Crippen molar-refractivity contribution in [1.82, 2.24) is 0 Å². The van der Waals surface area contributed by atoms with Crippen LogP contribution in [0.25, 0.3) is 5.53 Å². The third kappa shape index (κ3) is 24.5. The van der Waals surface area contributed by atoms with Crippen LogP contribution in [0.5, 0.6) is 0 Å². The van der Waals surface area contributed by atoms with Crippen molar-refractivity contribution in [2.45, 2.75) is 156 Å². The smallest absolute Gasteiger partial charge is 0.0594 e. The molecule has 0 heterocycles. The quantitative estimate of drug-likeness (QED) is 0.0491. The minimum Gasteiger partial charge on any atom is -0.427 e. The monoisotopic (exact) mass is 471 g/mol. The molecule has 2 N–H and O–H groups in total. The standard InChI is InChI=1S/C28H60P.H2N3/c1-5-9-13-14-15-16-17-18-19-20-21-22-23-24-28-29(25-10-6-2,26-11-7-3)27-12-8-4;1-3-2/h5-28H2,1-4H3;(H2-,1,2)/q+1;-1. The van der Waals surface area contributed by atoms with Crippen LogP contribution in [0.3, 0.4) is 0 Å². The fourth-order valence-corrected chi connectivity index (χ4v) is 9.99. The van der Waals surface area contributed by atoms with Crippen molar-refractivity contribution >= 4 is 7.26 Å². The van der Waals surface area contributed by atoms with Gasteiger partial charge >= 0.3 is 0 Å². The van der Waals surface area contributed by atoms with Crippen LogP contribution in [-0.4, -0.2) is 24.6 Å². The molecule has 0 aromatic heterocycles. The van der Waals surface area contributed by atoms with Crippen LogP contribution in [0.4, 0.5) is 0 Å². The molecular weight excluding hydrogens is 409 g/mol. The van der Waals surface area contributed by atoms with Crippen LogP contribution in [0, 0.1) is 0 Å². The molecule has 32 heavy (non-hydrogen) atoms. The zero-order chi connectivity index (χ0) is 24.2. The van der Waals surface area contributed by atoms with E-state index in [2.05, 4.69) is 33.5 Å². The van der Waals surface area contributed by atoms with Crippen molar-refractivity contribution in [3.05, 3.63) is 5.53 Å². The number of rotatable bonds is 24. The van der Waals surface area contributed by atoms with Crippen LogP contribution in [0.2, 0.25) is 0 Å². The van der Waals surface area contributed by atoms with E-state index in [0.717, 1.165) is 0 Å². The van der Waals surface area contributed by atoms with E-state index < -0.39 is 7.26 Å². The van der Waals surface area contributed by atoms with E-state index in [1.165, 1.54) is 122 Å². The zero-order valence-corrected chi connectivity index (χ0v) is 23.8. The molecule has 0 atom stereocenters. The Labute approximate surface area is 204 Å². The molecule has 0 spiro atoms. The largest absolute Gasteiger partial charge is 0.427 e. The molecule has 0 aliphatic carbocycles. The Kier molecular flexibility index (Phi) is 30.7. The Morgan fingerprint density at radius 1 is 0.438 bits per heavy atom. The van der Waals surface area contributed by atoms with E-state index in [-0.39, 0.29) is 0 Å². The first-order chi connectivity index (χ1) is 15.7. The van der Waals surface area contributed by atoms with Gasteiger partial charge in [-0.3, -0.25) is 5.22 Å². The van der Waals surface area contributed by atoms with Crippen LogP contribution < -0.4 is 5.84 Å². The Bertz CT molecular complexity index is 328. The van der Waals surface area contributed by atoms with E-state index >= 15 is 0 Å². The maximum absolute atomic E-state index is 6.97. The lowest BCUT2D eigenvalue weighted by molar-refractivity contribution is 0.538. The third-order valence-electron chi connectivity index (χ3n) is 6.94. The van der Waals surface area contributed by atoms with Crippen LogP contribution in [0.15, 0.2) is 5.22 Å². The molecule has 0 unspecified atom stereocenters. The van der Waals surface area contributed by atoms with Gasteiger partial charge in [0.25, 0.3) is 0 Å². The second kappa shape index (κ2) is 28.9. The molecule has 0 saturated heterocycles. The van der Waals surface area contributed by atoms with Gasteiger partial charge in [-0.25, -0.2) is 0 Å². The lowest BCUT2D eigenvalue weighted by Gasteiger charge is -2.28. The fraction of sp³-hybridized carbons (Fsp3) is 1.00. The Morgan fingerprint density at radius 3 is 0.938 bits per heavy atom. The first-order valence-corrected chi connectivity index (χ1v) is 17.1. The van der Waals surface area contributed by atoms with E-state index in [1.807, 2.05) is 5.22 Å². The summed E-state index contributed by atoms with van der Waals surface area (Å²) in [4.78, 5) is 0. The van der Waals surface area contributed by atoms with E-state index in [9.17, 15) is 0 Å². The maximum Gasteiger partial charge on any atom is 0.0594 e. The molecule has 0 amide bonds. The zero-order valence-electron chi connectivity index (χ0n) is 22.9. The van der Waals surface area contributed by atoms with Gasteiger partial charge in [0.05, 0.1) is 24.6 Å². The lowest BCUT2D eigenvalue weighted by Crippen LogP contribution is -2.13. The minimum absolute atomic E-state index is 0.630. The van der Waals surface area contributed by atoms with Gasteiger partial charge < -0.3 is 11.4 Å². The van der Waals surface area contributed by atoms with E-state index in [1.54, 1.807) is 31.1 Å². The topological polar surface area (TPSA) is 60.7 Å². The number of hydrogen-bond acceptors (Lipinski definition) is 1. The summed E-state index contributed by atoms with van der Waals surface area (Å²) in [5.74, 6) is 4.03. The minimum atomic E-state index is -0.630. The lowest BCUT2D eigenvalue weighted by atomic mass is 10.0. The summed E-state index contributed by atoms with van der Waals surface area (Å²) in [6.45, 7) is 9.48. The predicted molar refractivity (Wildman–Crippen MR) is 151 cm³/mol. The average Bonchev–Trinajstić information content (AvgIpc) is 2.80. The molecule has 0 saturated carbocycles. The van der Waals surface area contributed by atoms with Gasteiger partial charge in [-0.2, -0.15) is 0 Å². The Balaban J connectivity index is 0. The molecule has 0 aromatic rings. The summed E-state index contributed by atoms with van der Waals surface area (Å²) < 4.78 is 0. The van der Waals surface area contributed by atoms with Gasteiger partial charge in [0.1, 0.15) is 0 Å². The fourth-order valence-electron chi connectivity index (χ4n) is 4.79. The van der Waals surface area contributed by atoms with Crippen LogP contribution in [-0.2, 0) is 0 Å². The highest BCUT2D eigenvalue weighted by atomic mass is 31.2. The van der Waals surface area contributed by atoms with Crippen molar-refractivity contribution in [1.29, 1.82) is 0 Å². The van der Waals surface area contributed by atoms with E-state index in [4.69, 9.17) is 5.53 Å². The summed E-state index contributed by atoms with van der Waals surface area (Å²) in [5, 5.41) is 2.00. The van der Waals surface area contributed by atoms with Gasteiger partial charge in [-0.15, -0.1) is 0 Å². The highest BCUT2D eigenvalue weighted by Gasteiger charge is 2.34. The van der Waals surface area contributed by atoms with Crippen molar-refractivity contribution in [3.63, 3.8) is 0 Å². The van der Waals surface area contributed by atoms with Crippen LogP contribution in [0.1, 0.15) is 156 Å². The second-order valence-corrected chi connectivity index (χ2v) is 14.5. The summed E-state index contributed by atoms with van der Waals surface area (Å²) in [7, 11) is -0.630. The summed E-state index contributed by atoms with van der Waals surface area (Å²) in [5.41, 5.74) is 6.97. The maximum atomic E-state index is 6.97. The van der Waals surface area contributed by atoms with Crippen molar-refractivity contribution in [3.8, 4) is 0 Å². The summed E-state index contributed by atoms with van der Waals surface area (Å²) >= 11 is 0. The van der Waals surface area contributed by atoms with Crippen molar-refractivity contribution in [2.75, 3.05) is 24.6 Å². The number of hydrogen-bond donors (Lipinski definition) is 1. The summed E-state index contributed by atoms with van der Waals surface area (Å²) in [6.07, 6.45) is 36.0. The average molecular weight is 472 g/mol. The number of nitrogens with zero attached hydrogens (tertiary/aromatic N) is 2. The molecular formula is C28H62N3P. The molecule has 0 aliphatic heterocycles. The molecule has 0 radical (unpaired) electrons. The predicted octanol–water partition coefficient (Wildman–Crippen LogP) is 10.8. The summed E-state index contributed by atoms with van der Waals surface area (Å²) in [6, 6.07) is 0. The van der Waals surface area contributed by atoms with E-state index in [0.29, 0.717) is 0 Å². The third-order valence-corrected chi connectivity index (χ3v) is 12.0. The van der Waals surface area contributed by atoms with Gasteiger partial charge in [0.15, 0.2) is 0 Å². The Morgan fingerprint density at radius 2 is 0.656 bits per heavy atom. The van der Waals surface area contributed by atoms with Gasteiger partial charge in [0, 0.05) is 7.26 Å². The molecule has 0 aliphatic rings. The highest BCUT2D eigenvalue weighted by molar-refractivity contribution is 7.75. The highest BCUT2D eigenvalue weighted by Crippen LogP contribution is 2.61. The molecule has 0 fully saturated rings. The number of nitrogens with two attached hydrogens (primary N) is 1. The van der Waals surface area contributed by atoms with Gasteiger partial charge in [-0.1, -0.05) is 124 Å². The molecule has 4 heteroatoms. The second-order valence-electron chi connectivity index (χ2n) is 10.0. The molecule has 0 aromatic carbocycles. The molecule has 0 rings (SSSR count). The SMILES string of the molecule is CCCCCCCCCCCCCCCC[P+](CCCC)(CCCC)CCCC.[N-]=NN. The van der Waals surface area contributed by atoms with Crippen LogP contribution >= 0.6 is 7.26 Å². The van der Waals surface area contributed by atoms with Gasteiger partial charge in [0.2, 0.25) is 0 Å². The first kappa shape index (κ1) is 34.0. The van der Waals surface area contributed by atoms with Gasteiger partial charge in [-0.05, 0) is 32.1 Å². The van der Waals surface area contributed by atoms with Crippen molar-refractivity contribution in [2.24, 2.45) is 11.1 Å². The molecule has 3 nitrogen and oxygen atoms in total. The molecule has 194 valence electrons. The number of unbranched alkanes of at least 4 members (excludes halogenated alkanes) is 16. The molecule has 0 bridgehead atoms. The van der Waals surface area contributed by atoms with Crippen molar-refractivity contribution < 1.29 is 0 Å². The first-order valence-electron chi connectivity index (χ1n) is 14.6. The Hall–Kier alpha value is -0.170. The normalized spacial score (nSPS) is 11.2.